The Bertz CT molecular complexity index is 754. The van der Waals surface area contributed by atoms with E-state index < -0.39 is 17.4 Å². The number of nitrogens with zero attached hydrogens (tertiary/aromatic N) is 1. The molecule has 4 rings (SSSR count). The van der Waals surface area contributed by atoms with Gasteiger partial charge in [0, 0.05) is 5.69 Å². The van der Waals surface area contributed by atoms with E-state index in [0.29, 0.717) is 13.2 Å². The summed E-state index contributed by atoms with van der Waals surface area (Å²) in [6, 6.07) is 8.02. The molecule has 0 aliphatic carbocycles. The fourth-order valence-electron chi connectivity index (χ4n) is 4.24. The largest absolute Gasteiger partial charge is 0.465 e. The van der Waals surface area contributed by atoms with Crippen LogP contribution in [0, 0.1) is 17.8 Å². The Morgan fingerprint density at radius 3 is 2.73 bits per heavy atom. The first-order valence-electron chi connectivity index (χ1n) is 9.39. The third kappa shape index (κ3) is 2.57. The highest BCUT2D eigenvalue weighted by molar-refractivity contribution is 6.02. The fourth-order valence-corrected chi connectivity index (χ4v) is 4.24. The molecule has 2 fully saturated rings. The SMILES string of the molecule is CCc1ccc(N2C[C@@]34C=C[C@H](O3)[C@H](C(=O)OCC(C)C)[C@H]4C2=O)cc1. The highest BCUT2D eigenvalue weighted by Gasteiger charge is 2.67. The lowest BCUT2D eigenvalue weighted by molar-refractivity contribution is -0.153. The van der Waals surface area contributed by atoms with Crippen LogP contribution in [0.3, 0.4) is 0 Å². The number of hydrogen-bond donors (Lipinski definition) is 0. The molecule has 3 aliphatic heterocycles. The van der Waals surface area contributed by atoms with Crippen molar-refractivity contribution in [2.75, 3.05) is 18.1 Å². The van der Waals surface area contributed by atoms with Gasteiger partial charge in [-0.3, -0.25) is 9.59 Å². The van der Waals surface area contributed by atoms with Crippen molar-refractivity contribution in [3.63, 3.8) is 0 Å². The van der Waals surface area contributed by atoms with Crippen LogP contribution >= 0.6 is 0 Å². The summed E-state index contributed by atoms with van der Waals surface area (Å²) in [7, 11) is 0. The van der Waals surface area contributed by atoms with Crippen molar-refractivity contribution in [3.8, 4) is 0 Å². The quantitative estimate of drug-likeness (QED) is 0.602. The average molecular weight is 355 g/mol. The van der Waals surface area contributed by atoms with Gasteiger partial charge in [-0.2, -0.15) is 0 Å². The van der Waals surface area contributed by atoms with E-state index in [0.717, 1.165) is 12.1 Å². The normalized spacial score (nSPS) is 31.8. The van der Waals surface area contributed by atoms with Gasteiger partial charge in [0.1, 0.15) is 11.5 Å². The number of carbonyl (C=O) groups is 2. The number of carbonyl (C=O) groups excluding carboxylic acids is 2. The van der Waals surface area contributed by atoms with Gasteiger partial charge in [-0.15, -0.1) is 0 Å². The number of fused-ring (bicyclic) bond motifs is 1. The highest BCUT2D eigenvalue weighted by atomic mass is 16.6. The van der Waals surface area contributed by atoms with Crippen molar-refractivity contribution >= 4 is 17.6 Å². The van der Waals surface area contributed by atoms with Gasteiger partial charge in [0.25, 0.3) is 0 Å². The molecule has 1 spiro atoms. The second-order valence-electron chi connectivity index (χ2n) is 7.87. The Morgan fingerprint density at radius 1 is 1.35 bits per heavy atom. The lowest BCUT2D eigenvalue weighted by atomic mass is 9.77. The maximum absolute atomic E-state index is 13.2. The fraction of sp³-hybridized carbons (Fsp3) is 0.524. The predicted octanol–water partition coefficient (Wildman–Crippen LogP) is 2.73. The Balaban J connectivity index is 1.59. The van der Waals surface area contributed by atoms with E-state index >= 15 is 0 Å². The van der Waals surface area contributed by atoms with Crippen LogP contribution < -0.4 is 4.90 Å². The zero-order valence-electron chi connectivity index (χ0n) is 15.5. The number of anilines is 1. The molecule has 4 atom stereocenters. The molecule has 0 aromatic heterocycles. The first-order valence-corrected chi connectivity index (χ1v) is 9.39. The monoisotopic (exact) mass is 355 g/mol. The topological polar surface area (TPSA) is 55.8 Å². The predicted molar refractivity (Wildman–Crippen MR) is 97.7 cm³/mol. The summed E-state index contributed by atoms with van der Waals surface area (Å²) in [4.78, 5) is 27.6. The van der Waals surface area contributed by atoms with Crippen LogP contribution in [0.5, 0.6) is 0 Å². The van der Waals surface area contributed by atoms with Crippen LogP contribution in [0.2, 0.25) is 0 Å². The lowest BCUT2D eigenvalue weighted by Crippen LogP contribution is -2.40. The zero-order chi connectivity index (χ0) is 18.5. The molecule has 3 aliphatic rings. The van der Waals surface area contributed by atoms with Crippen LogP contribution in [-0.2, 0) is 25.5 Å². The summed E-state index contributed by atoms with van der Waals surface area (Å²) >= 11 is 0. The van der Waals surface area contributed by atoms with E-state index in [1.165, 1.54) is 5.56 Å². The second-order valence-corrected chi connectivity index (χ2v) is 7.87. The van der Waals surface area contributed by atoms with Gasteiger partial charge in [-0.25, -0.2) is 0 Å². The molecular weight excluding hydrogens is 330 g/mol. The van der Waals surface area contributed by atoms with Crippen LogP contribution in [-0.4, -0.2) is 36.7 Å². The molecule has 0 radical (unpaired) electrons. The minimum Gasteiger partial charge on any atom is -0.465 e. The Labute approximate surface area is 154 Å². The first kappa shape index (κ1) is 17.3. The van der Waals surface area contributed by atoms with Crippen molar-refractivity contribution in [1.82, 2.24) is 0 Å². The molecule has 1 amide bonds. The maximum Gasteiger partial charge on any atom is 0.312 e. The molecule has 2 saturated heterocycles. The van der Waals surface area contributed by atoms with E-state index in [9.17, 15) is 9.59 Å². The number of amides is 1. The molecule has 26 heavy (non-hydrogen) atoms. The van der Waals surface area contributed by atoms with Crippen molar-refractivity contribution in [2.24, 2.45) is 17.8 Å². The van der Waals surface area contributed by atoms with Crippen molar-refractivity contribution in [3.05, 3.63) is 42.0 Å². The molecule has 0 N–H and O–H groups in total. The zero-order valence-corrected chi connectivity index (χ0v) is 15.5. The van der Waals surface area contributed by atoms with Crippen LogP contribution in [0.4, 0.5) is 5.69 Å². The summed E-state index contributed by atoms with van der Waals surface area (Å²) in [6.07, 6.45) is 4.48. The van der Waals surface area contributed by atoms with Crippen LogP contribution in [0.1, 0.15) is 26.3 Å². The molecule has 3 heterocycles. The smallest absolute Gasteiger partial charge is 0.312 e. The third-order valence-electron chi connectivity index (χ3n) is 5.59. The van der Waals surface area contributed by atoms with Gasteiger partial charge in [0.05, 0.1) is 25.2 Å². The number of esters is 1. The standard InChI is InChI=1S/C21H25NO4/c1-4-14-5-7-15(8-6-14)22-12-21-10-9-16(26-21)17(18(21)19(22)23)20(24)25-11-13(2)3/h5-10,13,16-18H,4,11-12H2,1-3H3/t16-,17-,18-,21+/m0/s1. The molecule has 0 saturated carbocycles. The maximum atomic E-state index is 13.2. The minimum atomic E-state index is -0.702. The van der Waals surface area contributed by atoms with Crippen LogP contribution in [0.25, 0.3) is 0 Å². The van der Waals surface area contributed by atoms with Gasteiger partial charge in [-0.05, 0) is 30.0 Å². The number of ether oxygens (including phenoxy) is 2. The molecule has 138 valence electrons. The molecule has 5 heteroatoms. The van der Waals surface area contributed by atoms with Gasteiger partial charge in [0.15, 0.2) is 0 Å². The lowest BCUT2D eigenvalue weighted by Gasteiger charge is -2.23. The van der Waals surface area contributed by atoms with Crippen molar-refractivity contribution in [1.29, 1.82) is 0 Å². The van der Waals surface area contributed by atoms with Gasteiger partial charge < -0.3 is 14.4 Å². The number of benzene rings is 1. The summed E-state index contributed by atoms with van der Waals surface area (Å²) in [5.41, 5.74) is 1.38. The summed E-state index contributed by atoms with van der Waals surface area (Å²) in [5, 5.41) is 0. The Hall–Kier alpha value is -2.14. The number of hydrogen-bond acceptors (Lipinski definition) is 4. The molecule has 1 aromatic carbocycles. The van der Waals surface area contributed by atoms with E-state index in [1.807, 2.05) is 50.3 Å². The van der Waals surface area contributed by atoms with Gasteiger partial charge in [0.2, 0.25) is 5.91 Å². The third-order valence-corrected chi connectivity index (χ3v) is 5.59. The van der Waals surface area contributed by atoms with E-state index in [-0.39, 0.29) is 23.9 Å². The van der Waals surface area contributed by atoms with E-state index in [1.54, 1.807) is 4.90 Å². The number of aryl methyl sites for hydroxylation is 1. The first-order chi connectivity index (χ1) is 12.4. The van der Waals surface area contributed by atoms with Gasteiger partial charge in [-0.1, -0.05) is 45.1 Å². The molecule has 5 nitrogen and oxygen atoms in total. The Morgan fingerprint density at radius 2 is 2.08 bits per heavy atom. The van der Waals surface area contributed by atoms with Crippen molar-refractivity contribution in [2.45, 2.75) is 38.9 Å². The van der Waals surface area contributed by atoms with E-state index in [4.69, 9.17) is 9.47 Å². The highest BCUT2D eigenvalue weighted by Crippen LogP contribution is 2.52. The Kier molecular flexibility index (Phi) is 4.14. The average Bonchev–Trinajstić information content (AvgIpc) is 3.28. The molecule has 2 bridgehead atoms. The summed E-state index contributed by atoms with van der Waals surface area (Å²) in [6.45, 7) is 6.90. The molecular formula is C21H25NO4. The second kappa shape index (κ2) is 6.23. The number of rotatable bonds is 5. The minimum absolute atomic E-state index is 0.0485. The van der Waals surface area contributed by atoms with Gasteiger partial charge >= 0.3 is 5.97 Å². The molecule has 1 aromatic rings. The van der Waals surface area contributed by atoms with E-state index in [2.05, 4.69) is 6.92 Å². The van der Waals surface area contributed by atoms with Crippen molar-refractivity contribution < 1.29 is 19.1 Å². The summed E-state index contributed by atoms with van der Waals surface area (Å²) in [5.74, 6) is -1.16. The molecule has 0 unspecified atom stereocenters. The summed E-state index contributed by atoms with van der Waals surface area (Å²) < 4.78 is 11.6. The van der Waals surface area contributed by atoms with Crippen LogP contribution in [0.15, 0.2) is 36.4 Å².